The molecule has 0 spiro atoms. The predicted molar refractivity (Wildman–Crippen MR) is 178 cm³/mol. The molecule has 234 valence electrons. The first kappa shape index (κ1) is 30.9. The van der Waals surface area contributed by atoms with E-state index in [-0.39, 0.29) is 30.3 Å². The summed E-state index contributed by atoms with van der Waals surface area (Å²) in [5.74, 6) is -1.47. The van der Waals surface area contributed by atoms with Crippen LogP contribution in [0.25, 0.3) is 32.6 Å². The minimum absolute atomic E-state index is 0.0491. The van der Waals surface area contributed by atoms with Gasteiger partial charge in [0.15, 0.2) is 5.78 Å². The van der Waals surface area contributed by atoms with E-state index < -0.39 is 17.7 Å². The summed E-state index contributed by atoms with van der Waals surface area (Å²) in [6.45, 7) is 2.76. The summed E-state index contributed by atoms with van der Waals surface area (Å²) >= 11 is 0. The van der Waals surface area contributed by atoms with E-state index in [1.807, 2.05) is 54.6 Å². The fraction of sp³-hybridized carbons (Fsp3) is 0.289. The van der Waals surface area contributed by atoms with E-state index in [0.29, 0.717) is 28.6 Å². The molecule has 5 aromatic rings. The molecular weight excluding hydrogens is 580 g/mol. The molecule has 6 rings (SSSR count). The Morgan fingerprint density at radius 3 is 2.17 bits per heavy atom. The van der Waals surface area contributed by atoms with Crippen molar-refractivity contribution >= 4 is 61.8 Å². The zero-order chi connectivity index (χ0) is 32.2. The predicted octanol–water partition coefficient (Wildman–Crippen LogP) is 8.08. The van der Waals surface area contributed by atoms with E-state index in [9.17, 15) is 19.2 Å². The molecule has 46 heavy (non-hydrogen) atoms. The largest absolute Gasteiger partial charge is 0.469 e. The summed E-state index contributed by atoms with van der Waals surface area (Å²) in [5.41, 5.74) is 3.17. The van der Waals surface area contributed by atoms with E-state index >= 15 is 0 Å². The molecule has 0 bridgehead atoms. The zero-order valence-electron chi connectivity index (χ0n) is 26.1. The maximum atomic E-state index is 13.9. The van der Waals surface area contributed by atoms with Gasteiger partial charge in [-0.3, -0.25) is 14.4 Å². The number of nitrogens with zero attached hydrogens (tertiary/aromatic N) is 2. The minimum Gasteiger partial charge on any atom is -0.469 e. The SMILES string of the molecule is CCn1c2ccc(C(=O)C(CCC(=O)OC)=NOC(=O)c3cccc4ccccc34)cc2c2cc(C(=O)C3CCCCC3)ccc21. The van der Waals surface area contributed by atoms with Crippen molar-refractivity contribution in [2.75, 3.05) is 7.11 Å². The summed E-state index contributed by atoms with van der Waals surface area (Å²) in [6.07, 6.45) is 4.99. The highest BCUT2D eigenvalue weighted by atomic mass is 16.7. The molecule has 0 unspecified atom stereocenters. The third-order valence-electron chi connectivity index (χ3n) is 9.01. The first-order valence-corrected chi connectivity index (χ1v) is 15.9. The molecule has 8 heteroatoms. The van der Waals surface area contributed by atoms with Gasteiger partial charge in [-0.2, -0.15) is 0 Å². The van der Waals surface area contributed by atoms with Crippen LogP contribution in [-0.4, -0.2) is 40.9 Å². The van der Waals surface area contributed by atoms with Gasteiger partial charge in [0.1, 0.15) is 5.71 Å². The topological polar surface area (TPSA) is 104 Å². The molecule has 0 N–H and O–H groups in total. The van der Waals surface area contributed by atoms with Crippen molar-refractivity contribution < 1.29 is 28.8 Å². The number of carbonyl (C=O) groups excluding carboxylic acids is 4. The van der Waals surface area contributed by atoms with Crippen LogP contribution < -0.4 is 0 Å². The van der Waals surface area contributed by atoms with Gasteiger partial charge < -0.3 is 14.1 Å². The van der Waals surface area contributed by atoms with Crippen LogP contribution in [0, 0.1) is 5.92 Å². The van der Waals surface area contributed by atoms with E-state index in [1.165, 1.54) is 13.5 Å². The lowest BCUT2D eigenvalue weighted by atomic mass is 9.83. The Labute approximate surface area is 267 Å². The zero-order valence-corrected chi connectivity index (χ0v) is 26.1. The van der Waals surface area contributed by atoms with Crippen LogP contribution in [-0.2, 0) is 20.9 Å². The fourth-order valence-electron chi connectivity index (χ4n) is 6.58. The summed E-state index contributed by atoms with van der Waals surface area (Å²) < 4.78 is 6.94. The number of Topliss-reactive ketones (excluding diaryl/α,β-unsaturated/α-hetero) is 2. The Kier molecular flexibility index (Phi) is 9.06. The lowest BCUT2D eigenvalue weighted by molar-refractivity contribution is -0.140. The van der Waals surface area contributed by atoms with Gasteiger partial charge in [-0.25, -0.2) is 4.79 Å². The fourth-order valence-corrected chi connectivity index (χ4v) is 6.58. The Morgan fingerprint density at radius 1 is 0.783 bits per heavy atom. The summed E-state index contributed by atoms with van der Waals surface area (Å²) in [6, 6.07) is 23.9. The van der Waals surface area contributed by atoms with Gasteiger partial charge in [0.2, 0.25) is 5.78 Å². The van der Waals surface area contributed by atoms with Crippen LogP contribution in [0.1, 0.15) is 82.9 Å². The van der Waals surface area contributed by atoms with Crippen LogP contribution in [0.5, 0.6) is 0 Å². The van der Waals surface area contributed by atoms with Crippen LogP contribution in [0.3, 0.4) is 0 Å². The number of oxime groups is 1. The lowest BCUT2D eigenvalue weighted by Gasteiger charge is -2.20. The average Bonchev–Trinajstić information content (AvgIpc) is 3.43. The van der Waals surface area contributed by atoms with Crippen molar-refractivity contribution in [2.24, 2.45) is 11.1 Å². The molecule has 8 nitrogen and oxygen atoms in total. The number of hydrogen-bond acceptors (Lipinski definition) is 7. The Hall–Kier alpha value is -5.11. The second-order valence-electron chi connectivity index (χ2n) is 11.8. The van der Waals surface area contributed by atoms with Crippen LogP contribution in [0.15, 0.2) is 84.0 Å². The third-order valence-corrected chi connectivity index (χ3v) is 9.01. The Balaban J connectivity index is 1.36. The maximum Gasteiger partial charge on any atom is 0.366 e. The molecule has 1 aliphatic carbocycles. The number of ether oxygens (including phenoxy) is 1. The van der Waals surface area contributed by atoms with Crippen molar-refractivity contribution in [3.05, 3.63) is 95.6 Å². The molecular formula is C38H36N2O6. The first-order chi connectivity index (χ1) is 22.4. The highest BCUT2D eigenvalue weighted by molar-refractivity contribution is 6.46. The molecule has 0 atom stereocenters. The van der Waals surface area contributed by atoms with Crippen LogP contribution in [0.4, 0.5) is 0 Å². The number of esters is 1. The van der Waals surface area contributed by atoms with Gasteiger partial charge in [0.05, 0.1) is 19.1 Å². The van der Waals surface area contributed by atoms with Crippen molar-refractivity contribution in [2.45, 2.75) is 58.4 Å². The van der Waals surface area contributed by atoms with Gasteiger partial charge >= 0.3 is 11.9 Å². The number of benzene rings is 4. The van der Waals surface area contributed by atoms with Gasteiger partial charge in [0.25, 0.3) is 0 Å². The second-order valence-corrected chi connectivity index (χ2v) is 11.8. The number of hydrogen-bond donors (Lipinski definition) is 0. The lowest BCUT2D eigenvalue weighted by Crippen LogP contribution is -2.18. The van der Waals surface area contributed by atoms with E-state index in [4.69, 9.17) is 9.57 Å². The standard InChI is InChI=1S/C38H36N2O6/c1-3-40-33-19-16-26(36(42)25-11-5-4-6-12-25)22-30(33)31-23-27(17-20-34(31)40)37(43)32(18-21-35(41)45-2)39-46-38(44)29-15-9-13-24-10-7-8-14-28(24)29/h7-10,13-17,19-20,22-23,25H,3-6,11-12,18,21H2,1-2H3. The van der Waals surface area contributed by atoms with Gasteiger partial charge in [-0.05, 0) is 73.0 Å². The summed E-state index contributed by atoms with van der Waals surface area (Å²) in [5, 5.41) is 7.30. The van der Waals surface area contributed by atoms with Gasteiger partial charge in [-0.1, -0.05) is 60.8 Å². The Bertz CT molecular complexity index is 2010. The molecule has 1 saturated carbocycles. The van der Waals surface area contributed by atoms with E-state index in [2.05, 4.69) is 16.6 Å². The van der Waals surface area contributed by atoms with Crippen LogP contribution in [0.2, 0.25) is 0 Å². The van der Waals surface area contributed by atoms with Gasteiger partial charge in [-0.15, -0.1) is 0 Å². The van der Waals surface area contributed by atoms with Crippen molar-refractivity contribution in [3.63, 3.8) is 0 Å². The van der Waals surface area contributed by atoms with E-state index in [0.717, 1.165) is 52.9 Å². The van der Waals surface area contributed by atoms with Crippen molar-refractivity contribution in [3.8, 4) is 0 Å². The molecule has 4 aromatic carbocycles. The highest BCUT2D eigenvalue weighted by Gasteiger charge is 2.24. The number of methoxy groups -OCH3 is 1. The van der Waals surface area contributed by atoms with Crippen molar-refractivity contribution in [1.29, 1.82) is 0 Å². The number of rotatable bonds is 10. The number of carbonyl (C=O) groups is 4. The van der Waals surface area contributed by atoms with Gasteiger partial charge in [0, 0.05) is 51.8 Å². The van der Waals surface area contributed by atoms with E-state index in [1.54, 1.807) is 24.3 Å². The van der Waals surface area contributed by atoms with Crippen molar-refractivity contribution in [1.82, 2.24) is 4.57 Å². The number of aromatic nitrogens is 1. The first-order valence-electron chi connectivity index (χ1n) is 15.9. The molecule has 1 aliphatic rings. The minimum atomic E-state index is -0.711. The normalized spacial score (nSPS) is 14.1. The maximum absolute atomic E-state index is 13.9. The monoisotopic (exact) mass is 616 g/mol. The Morgan fingerprint density at radius 2 is 1.46 bits per heavy atom. The smallest absolute Gasteiger partial charge is 0.366 e. The number of ketones is 2. The quantitative estimate of drug-likeness (QED) is 0.0517. The second kappa shape index (κ2) is 13.5. The number of fused-ring (bicyclic) bond motifs is 4. The summed E-state index contributed by atoms with van der Waals surface area (Å²) in [4.78, 5) is 57.8. The highest BCUT2D eigenvalue weighted by Crippen LogP contribution is 2.33. The summed E-state index contributed by atoms with van der Waals surface area (Å²) in [7, 11) is 1.27. The molecule has 1 heterocycles. The van der Waals surface area contributed by atoms with Crippen LogP contribution >= 0.6 is 0 Å². The number of aryl methyl sites for hydroxylation is 1. The molecule has 0 amide bonds. The molecule has 0 saturated heterocycles. The molecule has 1 fully saturated rings. The third kappa shape index (κ3) is 6.07. The molecule has 1 aromatic heterocycles. The molecule has 0 aliphatic heterocycles. The average molecular weight is 617 g/mol. The molecule has 0 radical (unpaired) electrons.